The van der Waals surface area contributed by atoms with Crippen molar-refractivity contribution < 1.29 is 19.4 Å². The average Bonchev–Trinajstić information content (AvgIpc) is 2.57. The van der Waals surface area contributed by atoms with Gasteiger partial charge >= 0.3 is 5.97 Å². The van der Waals surface area contributed by atoms with Crippen LogP contribution in [0.2, 0.25) is 0 Å². The van der Waals surface area contributed by atoms with Crippen LogP contribution in [-0.2, 0) is 22.4 Å². The summed E-state index contributed by atoms with van der Waals surface area (Å²) in [7, 11) is 1.60. The van der Waals surface area contributed by atoms with Crippen molar-refractivity contribution in [3.8, 4) is 5.75 Å². The molecule has 0 saturated carbocycles. The summed E-state index contributed by atoms with van der Waals surface area (Å²) in [6.45, 7) is 1.67. The highest BCUT2D eigenvalue weighted by Crippen LogP contribution is 2.15. The zero-order valence-electron chi connectivity index (χ0n) is 13.8. The SMILES string of the molecule is COc1ccc(CC(=O)Nc2ccc(C[C@@H](C)C(=O)O)cc2)cc1. The third-order valence-corrected chi connectivity index (χ3v) is 3.72. The number of anilines is 1. The molecule has 0 bridgehead atoms. The van der Waals surface area contributed by atoms with Gasteiger partial charge in [0.25, 0.3) is 0 Å². The van der Waals surface area contributed by atoms with Crippen LogP contribution in [0, 0.1) is 5.92 Å². The van der Waals surface area contributed by atoms with Crippen LogP contribution >= 0.6 is 0 Å². The molecule has 24 heavy (non-hydrogen) atoms. The maximum Gasteiger partial charge on any atom is 0.306 e. The lowest BCUT2D eigenvalue weighted by molar-refractivity contribution is -0.141. The minimum absolute atomic E-state index is 0.105. The molecule has 2 N–H and O–H groups in total. The van der Waals surface area contributed by atoms with E-state index in [0.29, 0.717) is 12.1 Å². The van der Waals surface area contributed by atoms with Crippen LogP contribution in [0.3, 0.4) is 0 Å². The van der Waals surface area contributed by atoms with Gasteiger partial charge in [-0.05, 0) is 41.8 Å². The molecule has 0 heterocycles. The van der Waals surface area contributed by atoms with E-state index in [2.05, 4.69) is 5.32 Å². The zero-order valence-corrected chi connectivity index (χ0v) is 13.8. The molecule has 0 unspecified atom stereocenters. The molecule has 0 aliphatic rings. The lowest BCUT2D eigenvalue weighted by Gasteiger charge is -2.09. The van der Waals surface area contributed by atoms with Gasteiger partial charge in [-0.1, -0.05) is 31.2 Å². The number of nitrogens with one attached hydrogen (secondary N) is 1. The smallest absolute Gasteiger partial charge is 0.306 e. The first-order chi connectivity index (χ1) is 11.5. The molecule has 0 aliphatic heterocycles. The van der Waals surface area contributed by atoms with Crippen molar-refractivity contribution >= 4 is 17.6 Å². The first-order valence-electron chi connectivity index (χ1n) is 7.72. The summed E-state index contributed by atoms with van der Waals surface area (Å²) in [5.74, 6) is -0.593. The molecule has 1 atom stereocenters. The van der Waals surface area contributed by atoms with E-state index in [9.17, 15) is 9.59 Å². The number of carbonyl (C=O) groups is 2. The van der Waals surface area contributed by atoms with E-state index in [1.807, 2.05) is 36.4 Å². The molecule has 2 rings (SSSR count). The van der Waals surface area contributed by atoms with Crippen molar-refractivity contribution in [1.82, 2.24) is 0 Å². The second kappa shape index (κ2) is 8.15. The van der Waals surface area contributed by atoms with Gasteiger partial charge in [-0.3, -0.25) is 9.59 Å². The fourth-order valence-corrected chi connectivity index (χ4v) is 2.30. The van der Waals surface area contributed by atoms with E-state index in [1.165, 1.54) is 0 Å². The standard InChI is InChI=1S/C19H21NO4/c1-13(19(22)23)11-14-3-7-16(8-4-14)20-18(21)12-15-5-9-17(24-2)10-6-15/h3-10,13H,11-12H2,1-2H3,(H,20,21)(H,22,23)/t13-/m1/s1. The van der Waals surface area contributed by atoms with Gasteiger partial charge in [-0.2, -0.15) is 0 Å². The van der Waals surface area contributed by atoms with E-state index in [0.717, 1.165) is 16.9 Å². The highest BCUT2D eigenvalue weighted by molar-refractivity contribution is 5.92. The molecule has 0 radical (unpaired) electrons. The normalized spacial score (nSPS) is 11.6. The van der Waals surface area contributed by atoms with E-state index < -0.39 is 11.9 Å². The Bertz CT molecular complexity index is 692. The highest BCUT2D eigenvalue weighted by Gasteiger charge is 2.11. The quantitative estimate of drug-likeness (QED) is 0.819. The van der Waals surface area contributed by atoms with Crippen LogP contribution in [-0.4, -0.2) is 24.1 Å². The first-order valence-corrected chi connectivity index (χ1v) is 7.72. The summed E-state index contributed by atoms with van der Waals surface area (Å²) >= 11 is 0. The number of aliphatic carboxylic acids is 1. The molecule has 0 aliphatic carbocycles. The molecule has 2 aromatic carbocycles. The average molecular weight is 327 g/mol. The second-order valence-electron chi connectivity index (χ2n) is 5.71. The number of carboxylic acid groups (broad SMARTS) is 1. The summed E-state index contributed by atoms with van der Waals surface area (Å²) in [4.78, 5) is 22.9. The van der Waals surface area contributed by atoms with Gasteiger partial charge in [0.15, 0.2) is 0 Å². The minimum Gasteiger partial charge on any atom is -0.497 e. The topological polar surface area (TPSA) is 75.6 Å². The lowest BCUT2D eigenvalue weighted by atomic mass is 10.0. The highest BCUT2D eigenvalue weighted by atomic mass is 16.5. The number of hydrogen-bond acceptors (Lipinski definition) is 3. The maximum atomic E-state index is 12.1. The molecule has 2 aromatic rings. The van der Waals surface area contributed by atoms with Gasteiger partial charge in [0.05, 0.1) is 19.4 Å². The number of benzene rings is 2. The van der Waals surface area contributed by atoms with Crippen molar-refractivity contribution in [3.05, 3.63) is 59.7 Å². The molecule has 1 amide bonds. The zero-order chi connectivity index (χ0) is 17.5. The van der Waals surface area contributed by atoms with Gasteiger partial charge in [0.1, 0.15) is 5.75 Å². The molecule has 0 spiro atoms. The largest absolute Gasteiger partial charge is 0.497 e. The molecule has 5 nitrogen and oxygen atoms in total. The number of hydrogen-bond donors (Lipinski definition) is 2. The number of carboxylic acids is 1. The number of ether oxygens (including phenoxy) is 1. The molecule has 5 heteroatoms. The van der Waals surface area contributed by atoms with Crippen molar-refractivity contribution in [2.45, 2.75) is 19.8 Å². The third-order valence-electron chi connectivity index (χ3n) is 3.72. The summed E-state index contributed by atoms with van der Waals surface area (Å²) < 4.78 is 5.09. The van der Waals surface area contributed by atoms with Crippen LogP contribution < -0.4 is 10.1 Å². The monoisotopic (exact) mass is 327 g/mol. The van der Waals surface area contributed by atoms with E-state index in [4.69, 9.17) is 9.84 Å². The van der Waals surface area contributed by atoms with Crippen molar-refractivity contribution in [3.63, 3.8) is 0 Å². The Morgan fingerprint density at radius 3 is 2.17 bits per heavy atom. The van der Waals surface area contributed by atoms with Crippen LogP contribution in [0.15, 0.2) is 48.5 Å². The Labute approximate surface area is 141 Å². The predicted molar refractivity (Wildman–Crippen MR) is 92.3 cm³/mol. The van der Waals surface area contributed by atoms with Crippen LogP contribution in [0.4, 0.5) is 5.69 Å². The van der Waals surface area contributed by atoms with Crippen LogP contribution in [0.5, 0.6) is 5.75 Å². The van der Waals surface area contributed by atoms with Gasteiger partial charge in [0, 0.05) is 5.69 Å². The second-order valence-corrected chi connectivity index (χ2v) is 5.71. The third kappa shape index (κ3) is 5.12. The minimum atomic E-state index is -0.813. The van der Waals surface area contributed by atoms with E-state index in [1.54, 1.807) is 26.2 Å². The van der Waals surface area contributed by atoms with Gasteiger partial charge < -0.3 is 15.2 Å². The van der Waals surface area contributed by atoms with Crippen LogP contribution in [0.25, 0.3) is 0 Å². The van der Waals surface area contributed by atoms with Crippen LogP contribution in [0.1, 0.15) is 18.1 Å². The molecular formula is C19H21NO4. The van der Waals surface area contributed by atoms with Crippen molar-refractivity contribution in [2.24, 2.45) is 5.92 Å². The van der Waals surface area contributed by atoms with Crippen molar-refractivity contribution in [2.75, 3.05) is 12.4 Å². The predicted octanol–water partition coefficient (Wildman–Crippen LogP) is 3.14. The summed E-state index contributed by atoms with van der Waals surface area (Å²) in [6, 6.07) is 14.6. The van der Waals surface area contributed by atoms with E-state index in [-0.39, 0.29) is 12.3 Å². The Morgan fingerprint density at radius 2 is 1.62 bits per heavy atom. The molecule has 0 fully saturated rings. The Hall–Kier alpha value is -2.82. The number of rotatable bonds is 7. The maximum absolute atomic E-state index is 12.1. The number of methoxy groups -OCH3 is 1. The Kier molecular flexibility index (Phi) is 5.95. The Balaban J connectivity index is 1.90. The molecule has 0 aromatic heterocycles. The molecule has 126 valence electrons. The van der Waals surface area contributed by atoms with Gasteiger partial charge in [-0.25, -0.2) is 0 Å². The Morgan fingerprint density at radius 1 is 1.04 bits per heavy atom. The molecular weight excluding hydrogens is 306 g/mol. The fourth-order valence-electron chi connectivity index (χ4n) is 2.30. The van der Waals surface area contributed by atoms with Gasteiger partial charge in [-0.15, -0.1) is 0 Å². The number of amides is 1. The van der Waals surface area contributed by atoms with Crippen molar-refractivity contribution in [1.29, 1.82) is 0 Å². The van der Waals surface area contributed by atoms with E-state index >= 15 is 0 Å². The summed E-state index contributed by atoms with van der Waals surface area (Å²) in [5, 5.41) is 11.8. The molecule has 0 saturated heterocycles. The first kappa shape index (κ1) is 17.5. The number of carbonyl (C=O) groups excluding carboxylic acids is 1. The fraction of sp³-hybridized carbons (Fsp3) is 0.263. The van der Waals surface area contributed by atoms with Gasteiger partial charge in [0.2, 0.25) is 5.91 Å². The lowest BCUT2D eigenvalue weighted by Crippen LogP contribution is -2.14. The summed E-state index contributed by atoms with van der Waals surface area (Å²) in [5.41, 5.74) is 2.53. The summed E-state index contributed by atoms with van der Waals surface area (Å²) in [6.07, 6.45) is 0.747.